The fourth-order valence-corrected chi connectivity index (χ4v) is 20.6. The van der Waals surface area contributed by atoms with Gasteiger partial charge in [-0.15, -0.1) is 0 Å². The van der Waals surface area contributed by atoms with Crippen LogP contribution in [0.3, 0.4) is 0 Å². The molecule has 0 saturated heterocycles. The Labute approximate surface area is 470 Å². The molecule has 2 nitrogen and oxygen atoms in total. The highest BCUT2D eigenvalue weighted by Crippen LogP contribution is 2.40. The van der Waals surface area contributed by atoms with E-state index in [0.717, 1.165) is 0 Å². The molecule has 0 rings (SSSR count). The van der Waals surface area contributed by atoms with Crippen molar-refractivity contribution in [3.63, 3.8) is 0 Å². The maximum atomic E-state index is 3.11. The van der Waals surface area contributed by atoms with E-state index in [0.29, 0.717) is 21.0 Å². The monoisotopic (exact) mass is 1080 g/mol. The molecule has 0 aromatic heterocycles. The van der Waals surface area contributed by atoms with Crippen LogP contribution in [0.2, 0.25) is 0 Å². The van der Waals surface area contributed by atoms with Gasteiger partial charge in [-0.25, -0.2) is 0 Å². The zero-order valence-corrected chi connectivity index (χ0v) is 54.4. The van der Waals surface area contributed by atoms with E-state index < -0.39 is 0 Å². The molecule has 0 aromatic carbocycles. The highest BCUT2D eigenvalue weighted by Gasteiger charge is 2.23. The van der Waals surface area contributed by atoms with Gasteiger partial charge in [0.15, 0.2) is 0 Å². The summed E-state index contributed by atoms with van der Waals surface area (Å²) in [5.41, 5.74) is 0. The number of hydrogen-bond acceptors (Lipinski definition) is 2. The summed E-state index contributed by atoms with van der Waals surface area (Å²) in [6.07, 6.45) is 67.9. The molecule has 0 aliphatic heterocycles. The van der Waals surface area contributed by atoms with E-state index in [4.69, 9.17) is 0 Å². The molecule has 72 heavy (non-hydrogen) atoms. The Hall–Kier alpha value is 1.06. The lowest BCUT2D eigenvalue weighted by Gasteiger charge is -2.32. The summed E-state index contributed by atoms with van der Waals surface area (Å²) < 4.78 is 3.76. The molecule has 0 aliphatic rings. The highest BCUT2D eigenvalue weighted by molar-refractivity contribution is 8.90. The van der Waals surface area contributed by atoms with E-state index in [1.165, 1.54) is 357 Å². The van der Waals surface area contributed by atoms with Crippen molar-refractivity contribution in [2.45, 2.75) is 364 Å². The second-order valence-corrected chi connectivity index (χ2v) is 29.6. The second kappa shape index (κ2) is 61.3. The molecule has 6 heteroatoms. The Morgan fingerprint density at radius 1 is 0.208 bits per heavy atom. The molecule has 0 heterocycles. The van der Waals surface area contributed by atoms with Crippen LogP contribution in [0.15, 0.2) is 0 Å². The molecule has 0 N–H and O–H groups in total. The SMILES string of the molecule is CCCCCCCCN(CCCCCCCC)C(SSC(N(CCCCCCCC)CCCCCCCC)=S(CCCCCCCC)CCCCCCCC)=S(CCCCCCCC)CCCCCCCC. The Morgan fingerprint density at radius 3 is 0.542 bits per heavy atom. The Balaban J connectivity index is 7.71. The quantitative estimate of drug-likeness (QED) is 0.0340. The third kappa shape index (κ3) is 47.1. The molecule has 0 amide bonds. The zero-order valence-electron chi connectivity index (χ0n) is 51.1. The average molecular weight is 1090 g/mol. The van der Waals surface area contributed by atoms with Crippen LogP contribution in [-0.4, -0.2) is 67.6 Å². The minimum atomic E-state index is 0.345. The van der Waals surface area contributed by atoms with Gasteiger partial charge in [0.05, 0.1) is 8.64 Å². The van der Waals surface area contributed by atoms with Crippen LogP contribution < -0.4 is 0 Å². The lowest BCUT2D eigenvalue weighted by atomic mass is 10.1. The number of unbranched alkanes of at least 4 members (excludes halogenated alkanes) is 40. The smallest absolute Gasteiger partial charge is 0.0870 e. The van der Waals surface area contributed by atoms with Gasteiger partial charge in [-0.1, -0.05) is 312 Å². The third-order valence-electron chi connectivity index (χ3n) is 15.3. The molecule has 0 atom stereocenters. The van der Waals surface area contributed by atoms with Crippen molar-refractivity contribution >= 4 is 51.2 Å². The predicted octanol–water partition coefficient (Wildman–Crippen LogP) is 24.6. The number of rotatable bonds is 56. The van der Waals surface area contributed by atoms with Gasteiger partial charge in [0.25, 0.3) is 0 Å². The van der Waals surface area contributed by atoms with E-state index in [1.807, 2.05) is 8.64 Å². The molecule has 0 aliphatic carbocycles. The van der Waals surface area contributed by atoms with Gasteiger partial charge in [-0.2, -0.15) is 21.0 Å². The molecular weight excluding hydrogens is 949 g/mol. The molecule has 0 fully saturated rings. The van der Waals surface area contributed by atoms with Crippen LogP contribution in [0.5, 0.6) is 0 Å². The van der Waals surface area contributed by atoms with Gasteiger partial charge >= 0.3 is 0 Å². The largest absolute Gasteiger partial charge is 0.264 e. The van der Waals surface area contributed by atoms with Crippen molar-refractivity contribution in [1.82, 2.24) is 9.80 Å². The van der Waals surface area contributed by atoms with E-state index in [9.17, 15) is 0 Å². The van der Waals surface area contributed by atoms with Crippen molar-refractivity contribution in [3.8, 4) is 0 Å². The Morgan fingerprint density at radius 2 is 0.361 bits per heavy atom. The number of nitrogens with zero attached hydrogens (tertiary/aromatic N) is 2. The van der Waals surface area contributed by atoms with Crippen molar-refractivity contribution < 1.29 is 0 Å². The van der Waals surface area contributed by atoms with Crippen LogP contribution in [0.4, 0.5) is 0 Å². The van der Waals surface area contributed by atoms with E-state index in [-0.39, 0.29) is 0 Å². The topological polar surface area (TPSA) is 6.48 Å². The lowest BCUT2D eigenvalue weighted by molar-refractivity contribution is 0.394. The summed E-state index contributed by atoms with van der Waals surface area (Å²) in [6.45, 7) is 24.3. The van der Waals surface area contributed by atoms with Gasteiger partial charge in [0.1, 0.15) is 0 Å². The van der Waals surface area contributed by atoms with Gasteiger partial charge in [-0.3, -0.25) is 9.80 Å². The summed E-state index contributed by atoms with van der Waals surface area (Å²) in [5.74, 6) is 5.79. The van der Waals surface area contributed by atoms with Crippen LogP contribution in [0, 0.1) is 0 Å². The molecule has 0 radical (unpaired) electrons. The van der Waals surface area contributed by atoms with Crippen molar-refractivity contribution in [2.75, 3.05) is 49.2 Å². The van der Waals surface area contributed by atoms with E-state index in [1.54, 1.807) is 0 Å². The first-order chi connectivity index (χ1) is 35.6. The third-order valence-corrected chi connectivity index (χ3v) is 24.6. The highest BCUT2D eigenvalue weighted by atomic mass is 33.1. The van der Waals surface area contributed by atoms with Crippen LogP contribution in [0.25, 0.3) is 0 Å². The maximum absolute atomic E-state index is 3.11. The molecule has 0 aromatic rings. The fourth-order valence-electron chi connectivity index (χ4n) is 10.3. The zero-order chi connectivity index (χ0) is 52.5. The molecule has 434 valence electrons. The van der Waals surface area contributed by atoms with E-state index >= 15 is 0 Å². The standard InChI is InChI=1S/C66H136N2S4/c1-9-17-25-33-41-49-57-67(58-50-42-34-26-18-10-2)65(71(61-53-45-37-29-21-13-5)62-54-46-38-30-22-14-6)69-70-66(68(59-51-43-35-27-19-11-3)60-52-44-36-28-20-12-4)72(63-55-47-39-31-23-15-7)64-56-48-40-32-24-16-8/h9-64H2,1-8H3. The van der Waals surface area contributed by atoms with Crippen LogP contribution in [0.1, 0.15) is 364 Å². The minimum Gasteiger partial charge on any atom is -0.264 e. The predicted molar refractivity (Wildman–Crippen MR) is 350 cm³/mol. The number of hydrogen-bond donors (Lipinski definition) is 0. The van der Waals surface area contributed by atoms with Crippen LogP contribution >= 0.6 is 42.6 Å². The first-order valence-electron chi connectivity index (χ1n) is 33.5. The fraction of sp³-hybridized carbons (Fsp3) is 0.970. The van der Waals surface area contributed by atoms with Crippen molar-refractivity contribution in [3.05, 3.63) is 0 Å². The minimum absolute atomic E-state index is 0.345. The van der Waals surface area contributed by atoms with Gasteiger partial charge in [0, 0.05) is 26.2 Å². The summed E-state index contributed by atoms with van der Waals surface area (Å²) in [4.78, 5) is 6.22. The second-order valence-electron chi connectivity index (χ2n) is 22.6. The van der Waals surface area contributed by atoms with E-state index in [2.05, 4.69) is 86.8 Å². The Bertz CT molecular complexity index is 971. The molecule has 0 bridgehead atoms. The molecular formula is C66H136N2S4. The summed E-state index contributed by atoms with van der Waals surface area (Å²) >= 11 is 0. The van der Waals surface area contributed by atoms with Gasteiger partial charge in [0.2, 0.25) is 0 Å². The first-order valence-corrected chi connectivity index (χ1v) is 38.8. The van der Waals surface area contributed by atoms with Crippen molar-refractivity contribution in [1.29, 1.82) is 0 Å². The normalized spacial score (nSPS) is 12.0. The Kier molecular flexibility index (Phi) is 62.2. The van der Waals surface area contributed by atoms with Crippen LogP contribution in [-0.2, 0) is 0 Å². The average Bonchev–Trinajstić information content (AvgIpc) is 3.39. The summed E-state index contributed by atoms with van der Waals surface area (Å²) in [7, 11) is 5.47. The summed E-state index contributed by atoms with van der Waals surface area (Å²) in [6, 6.07) is 0. The maximum Gasteiger partial charge on any atom is 0.0870 e. The molecule has 0 unspecified atom stereocenters. The van der Waals surface area contributed by atoms with Crippen molar-refractivity contribution in [2.24, 2.45) is 0 Å². The molecule has 0 spiro atoms. The molecule has 0 saturated carbocycles. The van der Waals surface area contributed by atoms with Gasteiger partial charge < -0.3 is 0 Å². The lowest BCUT2D eigenvalue weighted by Crippen LogP contribution is -2.34. The van der Waals surface area contributed by atoms with Gasteiger partial charge in [-0.05, 0) is 96.0 Å². The summed E-state index contributed by atoms with van der Waals surface area (Å²) in [5, 5.41) is 0. The first kappa shape index (κ1) is 73.1.